The van der Waals surface area contributed by atoms with E-state index in [4.69, 9.17) is 24.4 Å². The Morgan fingerprint density at radius 3 is 2.73 bits per heavy atom. The lowest BCUT2D eigenvalue weighted by atomic mass is 9.83. The number of hydrogen-bond donors (Lipinski definition) is 1. The topological polar surface area (TPSA) is 108 Å². The monoisotopic (exact) mass is 498 g/mol. The maximum absolute atomic E-state index is 13.6. The normalized spacial score (nSPS) is 14.6. The molecule has 2 N–H and O–H groups in total. The van der Waals surface area contributed by atoms with E-state index in [-0.39, 0.29) is 23.0 Å². The van der Waals surface area contributed by atoms with E-state index in [1.165, 1.54) is 24.3 Å². The maximum atomic E-state index is 13.6. The Bertz CT molecular complexity index is 1600. The molecule has 0 bridgehead atoms. The molecule has 5 rings (SSSR count). The van der Waals surface area contributed by atoms with Gasteiger partial charge in [-0.1, -0.05) is 31.2 Å². The number of carbonyl (C=O) groups is 1. The first-order chi connectivity index (χ1) is 17.9. The number of fused-ring (bicyclic) bond motifs is 2. The number of benzene rings is 3. The fraction of sp³-hybridized carbons (Fsp3) is 0.172. The van der Waals surface area contributed by atoms with Gasteiger partial charge in [-0.3, -0.25) is 0 Å². The molecule has 0 saturated heterocycles. The molecular weight excluding hydrogens is 475 g/mol. The van der Waals surface area contributed by atoms with Gasteiger partial charge in [0.2, 0.25) is 11.6 Å². The van der Waals surface area contributed by atoms with Gasteiger partial charge in [0.1, 0.15) is 40.3 Å². The zero-order valence-corrected chi connectivity index (χ0v) is 20.2. The van der Waals surface area contributed by atoms with Gasteiger partial charge in [-0.25, -0.2) is 9.18 Å². The Hall–Kier alpha value is -4.77. The van der Waals surface area contributed by atoms with Crippen LogP contribution in [0.3, 0.4) is 0 Å². The number of nitriles is 1. The molecule has 0 radical (unpaired) electrons. The quantitative estimate of drug-likeness (QED) is 0.252. The van der Waals surface area contributed by atoms with Gasteiger partial charge in [-0.05, 0) is 43.7 Å². The van der Waals surface area contributed by atoms with Crippen LogP contribution in [0.4, 0.5) is 4.39 Å². The number of aryl methyl sites for hydroxylation is 1. The molecule has 1 unspecified atom stereocenters. The van der Waals surface area contributed by atoms with Gasteiger partial charge >= 0.3 is 5.97 Å². The first-order valence-corrected chi connectivity index (χ1v) is 11.7. The van der Waals surface area contributed by atoms with Crippen LogP contribution in [0.1, 0.15) is 46.5 Å². The van der Waals surface area contributed by atoms with Crippen molar-refractivity contribution in [1.29, 1.82) is 5.26 Å². The van der Waals surface area contributed by atoms with E-state index in [9.17, 15) is 14.4 Å². The molecule has 0 aliphatic carbocycles. The van der Waals surface area contributed by atoms with Crippen LogP contribution in [0.25, 0.3) is 11.0 Å². The molecule has 1 aliphatic heterocycles. The summed E-state index contributed by atoms with van der Waals surface area (Å²) in [6.07, 6.45) is 0.830. The van der Waals surface area contributed by atoms with Crippen molar-refractivity contribution in [1.82, 2.24) is 0 Å². The lowest BCUT2D eigenvalue weighted by Gasteiger charge is -2.28. The van der Waals surface area contributed by atoms with Crippen molar-refractivity contribution < 1.29 is 27.8 Å². The van der Waals surface area contributed by atoms with Gasteiger partial charge in [0.15, 0.2) is 0 Å². The van der Waals surface area contributed by atoms with Gasteiger partial charge in [-0.15, -0.1) is 0 Å². The van der Waals surface area contributed by atoms with Gasteiger partial charge in [0.05, 0.1) is 12.5 Å². The summed E-state index contributed by atoms with van der Waals surface area (Å²) in [4.78, 5) is 12.9. The van der Waals surface area contributed by atoms with E-state index in [0.29, 0.717) is 40.2 Å². The highest BCUT2D eigenvalue weighted by Crippen LogP contribution is 2.46. The van der Waals surface area contributed by atoms with Crippen LogP contribution in [0, 0.1) is 24.1 Å². The molecule has 3 aromatic carbocycles. The summed E-state index contributed by atoms with van der Waals surface area (Å²) < 4.78 is 36.5. The molecule has 4 aromatic rings. The van der Waals surface area contributed by atoms with E-state index in [2.05, 4.69) is 6.07 Å². The van der Waals surface area contributed by atoms with Crippen LogP contribution in [0.15, 0.2) is 76.5 Å². The van der Waals surface area contributed by atoms with Gasteiger partial charge in [-0.2, -0.15) is 5.26 Å². The average molecular weight is 499 g/mol. The highest BCUT2D eigenvalue weighted by atomic mass is 19.1. The smallest absolute Gasteiger partial charge is 0.379 e. The number of halogens is 1. The first-order valence-electron chi connectivity index (χ1n) is 11.7. The van der Waals surface area contributed by atoms with Crippen LogP contribution in [-0.4, -0.2) is 12.6 Å². The molecule has 7 nitrogen and oxygen atoms in total. The molecule has 1 aromatic heterocycles. The third-order valence-corrected chi connectivity index (χ3v) is 6.18. The Labute approximate surface area is 212 Å². The Balaban J connectivity index is 1.50. The number of allylic oxidation sites excluding steroid dienone is 1. The van der Waals surface area contributed by atoms with Crippen molar-refractivity contribution in [2.45, 2.75) is 26.2 Å². The standard InChI is InChI=1S/C29H23FN2O5/c1-3-12-34-23-7-5-4-6-19(23)26-20-10-9-18(14-25(20)37-28(32)22(26)15-31)35-29(33)27-16(2)21-13-17(30)8-11-24(21)36-27/h4-11,13-14,26H,3,12,32H2,1-2H3. The SMILES string of the molecule is CCCOc1ccccc1C1C(C#N)=C(N)Oc2cc(OC(=O)c3oc4ccc(F)cc4c3C)ccc21. The van der Waals surface area contributed by atoms with E-state index in [1.54, 1.807) is 19.1 Å². The van der Waals surface area contributed by atoms with E-state index >= 15 is 0 Å². The number of para-hydroxylation sites is 1. The van der Waals surface area contributed by atoms with Crippen LogP contribution in [0.2, 0.25) is 0 Å². The maximum Gasteiger partial charge on any atom is 0.379 e. The number of esters is 1. The minimum Gasteiger partial charge on any atom is -0.493 e. The fourth-order valence-corrected chi connectivity index (χ4v) is 4.42. The van der Waals surface area contributed by atoms with Crippen molar-refractivity contribution in [3.63, 3.8) is 0 Å². The molecule has 2 heterocycles. The van der Waals surface area contributed by atoms with Crippen molar-refractivity contribution in [3.05, 3.63) is 100 Å². The summed E-state index contributed by atoms with van der Waals surface area (Å²) in [5.74, 6) is -0.566. The molecule has 0 amide bonds. The Morgan fingerprint density at radius 1 is 1.14 bits per heavy atom. The van der Waals surface area contributed by atoms with E-state index in [1.807, 2.05) is 31.2 Å². The molecule has 0 fully saturated rings. The number of nitrogens with two attached hydrogens (primary N) is 1. The van der Waals surface area contributed by atoms with Gasteiger partial charge < -0.3 is 24.4 Å². The van der Waals surface area contributed by atoms with E-state index < -0.39 is 17.7 Å². The van der Waals surface area contributed by atoms with Gasteiger partial charge in [0, 0.05) is 28.1 Å². The average Bonchev–Trinajstić information content (AvgIpc) is 3.22. The second-order valence-corrected chi connectivity index (χ2v) is 8.60. The number of ether oxygens (including phenoxy) is 3. The molecular formula is C29H23FN2O5. The number of nitrogens with zero attached hydrogens (tertiary/aromatic N) is 1. The number of rotatable bonds is 6. The van der Waals surface area contributed by atoms with Crippen molar-refractivity contribution in [3.8, 4) is 23.3 Å². The molecule has 186 valence electrons. The Morgan fingerprint density at radius 2 is 1.95 bits per heavy atom. The Kier molecular flexibility index (Phi) is 6.28. The predicted molar refractivity (Wildman–Crippen MR) is 134 cm³/mol. The predicted octanol–water partition coefficient (Wildman–Crippen LogP) is 6.11. The molecule has 1 atom stereocenters. The number of carbonyl (C=O) groups excluding carboxylic acids is 1. The summed E-state index contributed by atoms with van der Waals surface area (Å²) in [7, 11) is 0. The summed E-state index contributed by atoms with van der Waals surface area (Å²) in [5.41, 5.74) is 8.71. The summed E-state index contributed by atoms with van der Waals surface area (Å²) in [5, 5.41) is 10.4. The highest BCUT2D eigenvalue weighted by molar-refractivity contribution is 5.96. The summed E-state index contributed by atoms with van der Waals surface area (Å²) >= 11 is 0. The summed E-state index contributed by atoms with van der Waals surface area (Å²) in [6.45, 7) is 4.20. The lowest BCUT2D eigenvalue weighted by Crippen LogP contribution is -2.21. The largest absolute Gasteiger partial charge is 0.493 e. The first kappa shape index (κ1) is 23.9. The highest BCUT2D eigenvalue weighted by Gasteiger charge is 2.33. The lowest BCUT2D eigenvalue weighted by molar-refractivity contribution is 0.0702. The third-order valence-electron chi connectivity index (χ3n) is 6.18. The molecule has 37 heavy (non-hydrogen) atoms. The fourth-order valence-electron chi connectivity index (χ4n) is 4.42. The van der Waals surface area contributed by atoms with Gasteiger partial charge in [0.25, 0.3) is 0 Å². The zero-order chi connectivity index (χ0) is 26.1. The minimum absolute atomic E-state index is 0.0229. The second kappa shape index (κ2) is 9.70. The van der Waals surface area contributed by atoms with Crippen molar-refractivity contribution in [2.24, 2.45) is 5.73 Å². The summed E-state index contributed by atoms with van der Waals surface area (Å²) in [6, 6.07) is 18.5. The minimum atomic E-state index is -0.735. The number of hydrogen-bond acceptors (Lipinski definition) is 7. The zero-order valence-electron chi connectivity index (χ0n) is 20.2. The van der Waals surface area contributed by atoms with Crippen LogP contribution in [0.5, 0.6) is 17.2 Å². The van der Waals surface area contributed by atoms with E-state index in [0.717, 1.165) is 12.0 Å². The van der Waals surface area contributed by atoms with Crippen molar-refractivity contribution in [2.75, 3.05) is 6.61 Å². The molecule has 0 saturated carbocycles. The van der Waals surface area contributed by atoms with Crippen LogP contribution in [-0.2, 0) is 0 Å². The molecule has 0 spiro atoms. The third kappa shape index (κ3) is 4.36. The number of furan rings is 1. The van der Waals surface area contributed by atoms with Crippen LogP contribution < -0.4 is 19.9 Å². The van der Waals surface area contributed by atoms with Crippen LogP contribution >= 0.6 is 0 Å². The molecule has 1 aliphatic rings. The molecule has 8 heteroatoms. The second-order valence-electron chi connectivity index (χ2n) is 8.60. The van der Waals surface area contributed by atoms with Crippen molar-refractivity contribution >= 4 is 16.9 Å².